The average Bonchev–Trinajstić information content (AvgIpc) is 2.81. The van der Waals surface area contributed by atoms with E-state index in [-0.39, 0.29) is 0 Å². The molecule has 7 heteroatoms. The zero-order chi connectivity index (χ0) is 13.2. The fourth-order valence-corrected chi connectivity index (χ4v) is 1.77. The minimum Gasteiger partial charge on any atom is -0.497 e. The highest BCUT2D eigenvalue weighted by molar-refractivity contribution is 6.29. The van der Waals surface area contributed by atoms with E-state index < -0.39 is 0 Å². The van der Waals surface area contributed by atoms with Crippen LogP contribution < -0.4 is 10.1 Å². The normalized spacial score (nSPS) is 10.6. The molecule has 0 radical (unpaired) electrons. The van der Waals surface area contributed by atoms with Crippen LogP contribution in [0.3, 0.4) is 0 Å². The van der Waals surface area contributed by atoms with Crippen LogP contribution in [0.5, 0.6) is 5.75 Å². The van der Waals surface area contributed by atoms with Crippen molar-refractivity contribution in [1.29, 1.82) is 0 Å². The lowest BCUT2D eigenvalue weighted by Gasteiger charge is -2.02. The van der Waals surface area contributed by atoms with Crippen LogP contribution in [0, 0.1) is 0 Å². The molecule has 2 heterocycles. The quantitative estimate of drug-likeness (QED) is 0.796. The van der Waals surface area contributed by atoms with Crippen molar-refractivity contribution in [2.75, 3.05) is 12.4 Å². The second-order valence-corrected chi connectivity index (χ2v) is 4.19. The van der Waals surface area contributed by atoms with E-state index in [2.05, 4.69) is 20.4 Å². The number of aromatic nitrogens is 4. The lowest BCUT2D eigenvalue weighted by Crippen LogP contribution is -1.93. The molecule has 0 saturated carbocycles. The molecule has 19 heavy (non-hydrogen) atoms. The Hall–Kier alpha value is -2.34. The minimum absolute atomic E-state index is 0.369. The van der Waals surface area contributed by atoms with E-state index >= 15 is 0 Å². The number of ether oxygens (including phenoxy) is 1. The smallest absolute Gasteiger partial charge is 0.247 e. The summed E-state index contributed by atoms with van der Waals surface area (Å²) in [4.78, 5) is 8.23. The molecule has 0 amide bonds. The molecule has 3 aromatic rings. The number of nitrogens with zero attached hydrogens (tertiary/aromatic N) is 4. The Balaban J connectivity index is 1.87. The fourth-order valence-electron chi connectivity index (χ4n) is 1.63. The number of anilines is 2. The molecular formula is C12H10ClN5O. The Labute approximate surface area is 114 Å². The molecule has 1 aromatic carbocycles. The van der Waals surface area contributed by atoms with Crippen molar-refractivity contribution in [1.82, 2.24) is 19.6 Å². The van der Waals surface area contributed by atoms with Gasteiger partial charge in [0, 0.05) is 5.69 Å². The summed E-state index contributed by atoms with van der Waals surface area (Å²) < 4.78 is 6.67. The number of benzene rings is 1. The number of halogens is 1. The van der Waals surface area contributed by atoms with Gasteiger partial charge in [0.25, 0.3) is 0 Å². The summed E-state index contributed by atoms with van der Waals surface area (Å²) in [5, 5.41) is 7.71. The zero-order valence-corrected chi connectivity index (χ0v) is 10.8. The first kappa shape index (κ1) is 11.7. The molecule has 1 N–H and O–H groups in total. The van der Waals surface area contributed by atoms with Crippen molar-refractivity contribution in [3.63, 3.8) is 0 Å². The van der Waals surface area contributed by atoms with Crippen molar-refractivity contribution in [3.8, 4) is 5.75 Å². The van der Waals surface area contributed by atoms with Gasteiger partial charge in [-0.1, -0.05) is 11.6 Å². The Kier molecular flexibility index (Phi) is 2.92. The second kappa shape index (κ2) is 4.74. The molecule has 0 fully saturated rings. The second-order valence-electron chi connectivity index (χ2n) is 3.80. The third-order valence-electron chi connectivity index (χ3n) is 2.54. The molecule has 6 nitrogen and oxygen atoms in total. The summed E-state index contributed by atoms with van der Waals surface area (Å²) in [6.45, 7) is 0. The highest BCUT2D eigenvalue weighted by Crippen LogP contribution is 2.18. The molecule has 0 saturated heterocycles. The first-order valence-corrected chi connectivity index (χ1v) is 5.91. The number of nitrogens with one attached hydrogen (secondary N) is 1. The number of hydrogen-bond acceptors (Lipinski definition) is 5. The van der Waals surface area contributed by atoms with Crippen LogP contribution in [0.25, 0.3) is 5.65 Å². The minimum atomic E-state index is 0.369. The van der Waals surface area contributed by atoms with E-state index in [1.807, 2.05) is 24.3 Å². The van der Waals surface area contributed by atoms with E-state index in [0.29, 0.717) is 16.7 Å². The fraction of sp³-hybridized carbons (Fsp3) is 0.0833. The lowest BCUT2D eigenvalue weighted by molar-refractivity contribution is 0.415. The van der Waals surface area contributed by atoms with E-state index in [1.165, 1.54) is 0 Å². The van der Waals surface area contributed by atoms with Gasteiger partial charge >= 0.3 is 0 Å². The third-order valence-corrected chi connectivity index (χ3v) is 2.73. The monoisotopic (exact) mass is 275 g/mol. The maximum absolute atomic E-state index is 5.79. The van der Waals surface area contributed by atoms with Crippen LogP contribution >= 0.6 is 11.6 Å². The van der Waals surface area contributed by atoms with Gasteiger partial charge in [0.15, 0.2) is 5.65 Å². The summed E-state index contributed by atoms with van der Waals surface area (Å²) in [5.41, 5.74) is 1.50. The highest BCUT2D eigenvalue weighted by atomic mass is 35.5. The summed E-state index contributed by atoms with van der Waals surface area (Å²) in [6, 6.07) is 7.48. The third kappa shape index (κ3) is 2.43. The van der Waals surface area contributed by atoms with Gasteiger partial charge in [-0.15, -0.1) is 5.10 Å². The predicted octanol–water partition coefficient (Wildman–Crippen LogP) is 2.53. The van der Waals surface area contributed by atoms with Crippen molar-refractivity contribution >= 4 is 28.9 Å². The van der Waals surface area contributed by atoms with Gasteiger partial charge in [0.1, 0.15) is 10.9 Å². The van der Waals surface area contributed by atoms with Gasteiger partial charge in [0.2, 0.25) is 5.95 Å². The summed E-state index contributed by atoms with van der Waals surface area (Å²) >= 11 is 5.79. The number of rotatable bonds is 3. The van der Waals surface area contributed by atoms with Gasteiger partial charge in [0.05, 0.1) is 19.5 Å². The van der Waals surface area contributed by atoms with Crippen LogP contribution in [0.4, 0.5) is 11.6 Å². The van der Waals surface area contributed by atoms with Crippen LogP contribution in [-0.4, -0.2) is 26.7 Å². The van der Waals surface area contributed by atoms with Crippen LogP contribution in [0.1, 0.15) is 0 Å². The maximum Gasteiger partial charge on any atom is 0.247 e. The molecule has 0 unspecified atom stereocenters. The van der Waals surface area contributed by atoms with E-state index in [1.54, 1.807) is 24.0 Å². The van der Waals surface area contributed by atoms with E-state index in [9.17, 15) is 0 Å². The standard InChI is InChI=1S/C12H10ClN5O/c1-19-9-4-2-8(3-5-9)15-12-16-11-6-14-10(13)7-18(11)17-12/h2-7H,1H3,(H,15,17). The zero-order valence-electron chi connectivity index (χ0n) is 10.0. The van der Waals surface area contributed by atoms with Crippen molar-refractivity contribution in [2.24, 2.45) is 0 Å². The maximum atomic E-state index is 5.79. The number of methoxy groups -OCH3 is 1. The van der Waals surface area contributed by atoms with Gasteiger partial charge < -0.3 is 10.1 Å². The Morgan fingerprint density at radius 2 is 2.05 bits per heavy atom. The molecule has 0 bridgehead atoms. The van der Waals surface area contributed by atoms with Gasteiger partial charge in [-0.25, -0.2) is 9.50 Å². The van der Waals surface area contributed by atoms with E-state index in [0.717, 1.165) is 11.4 Å². The molecule has 0 atom stereocenters. The van der Waals surface area contributed by atoms with Crippen LogP contribution in [0.2, 0.25) is 5.15 Å². The van der Waals surface area contributed by atoms with Gasteiger partial charge in [-0.05, 0) is 24.3 Å². The Morgan fingerprint density at radius 1 is 1.26 bits per heavy atom. The molecule has 2 aromatic heterocycles. The molecule has 0 aliphatic heterocycles. The number of fused-ring (bicyclic) bond motifs is 1. The lowest BCUT2D eigenvalue weighted by atomic mass is 10.3. The Morgan fingerprint density at radius 3 is 2.79 bits per heavy atom. The summed E-state index contributed by atoms with van der Waals surface area (Å²) in [7, 11) is 1.63. The molecule has 96 valence electrons. The van der Waals surface area contributed by atoms with Crippen molar-refractivity contribution in [2.45, 2.75) is 0 Å². The van der Waals surface area contributed by atoms with Gasteiger partial charge in [-0.3, -0.25) is 0 Å². The summed E-state index contributed by atoms with van der Waals surface area (Å²) in [5.74, 6) is 1.28. The SMILES string of the molecule is COc1ccc(Nc2nc3cnc(Cl)cn3n2)cc1. The number of hydrogen-bond donors (Lipinski definition) is 1. The van der Waals surface area contributed by atoms with Crippen LogP contribution in [0.15, 0.2) is 36.7 Å². The van der Waals surface area contributed by atoms with Crippen LogP contribution in [-0.2, 0) is 0 Å². The highest BCUT2D eigenvalue weighted by Gasteiger charge is 2.04. The average molecular weight is 276 g/mol. The summed E-state index contributed by atoms with van der Waals surface area (Å²) in [6.07, 6.45) is 3.16. The molecule has 0 aliphatic rings. The topological polar surface area (TPSA) is 64.3 Å². The molecule has 3 rings (SSSR count). The predicted molar refractivity (Wildman–Crippen MR) is 72.1 cm³/mol. The van der Waals surface area contributed by atoms with Crippen molar-refractivity contribution < 1.29 is 4.74 Å². The molecule has 0 aliphatic carbocycles. The van der Waals surface area contributed by atoms with Crippen molar-refractivity contribution in [3.05, 3.63) is 41.8 Å². The molecular weight excluding hydrogens is 266 g/mol. The van der Waals surface area contributed by atoms with E-state index in [4.69, 9.17) is 16.3 Å². The first-order valence-electron chi connectivity index (χ1n) is 5.53. The van der Waals surface area contributed by atoms with Gasteiger partial charge in [-0.2, -0.15) is 4.98 Å². The Bertz CT molecular complexity index is 710. The molecule has 0 spiro atoms. The largest absolute Gasteiger partial charge is 0.497 e. The first-order chi connectivity index (χ1) is 9.24.